The van der Waals surface area contributed by atoms with Gasteiger partial charge < -0.3 is 9.47 Å². The lowest BCUT2D eigenvalue weighted by Crippen LogP contribution is -2.04. The fourth-order valence-electron chi connectivity index (χ4n) is 2.66. The number of aryl methyl sites for hydroxylation is 1. The first-order chi connectivity index (χ1) is 11.2. The fourth-order valence-corrected chi connectivity index (χ4v) is 2.66. The molecular weight excluding hydrogens is 292 g/mol. The molecule has 0 aliphatic carbocycles. The van der Waals surface area contributed by atoms with E-state index in [-0.39, 0.29) is 5.97 Å². The molecule has 0 bridgehead atoms. The van der Waals surface area contributed by atoms with Gasteiger partial charge in [0.2, 0.25) is 0 Å². The predicted molar refractivity (Wildman–Crippen MR) is 88.1 cm³/mol. The van der Waals surface area contributed by atoms with E-state index in [1.165, 1.54) is 11.1 Å². The van der Waals surface area contributed by atoms with Crippen molar-refractivity contribution in [3.8, 4) is 11.3 Å². The zero-order chi connectivity index (χ0) is 16.2. The summed E-state index contributed by atoms with van der Waals surface area (Å²) >= 11 is 0. The number of rotatable bonds is 4. The van der Waals surface area contributed by atoms with Gasteiger partial charge in [-0.3, -0.25) is 5.10 Å². The third-order valence-corrected chi connectivity index (χ3v) is 3.92. The van der Waals surface area contributed by atoms with Crippen molar-refractivity contribution in [2.75, 3.05) is 19.8 Å². The summed E-state index contributed by atoms with van der Waals surface area (Å²) in [7, 11) is 0. The molecule has 1 aliphatic rings. The van der Waals surface area contributed by atoms with Gasteiger partial charge in [-0.05, 0) is 49.1 Å². The van der Waals surface area contributed by atoms with Crippen molar-refractivity contribution in [1.29, 1.82) is 0 Å². The van der Waals surface area contributed by atoms with E-state index in [2.05, 4.69) is 34.5 Å². The largest absolute Gasteiger partial charge is 0.461 e. The number of aromatic amines is 1. The van der Waals surface area contributed by atoms with Crippen molar-refractivity contribution in [2.45, 2.75) is 20.3 Å². The van der Waals surface area contributed by atoms with Crippen molar-refractivity contribution in [3.05, 3.63) is 47.2 Å². The van der Waals surface area contributed by atoms with Crippen LogP contribution in [0.2, 0.25) is 0 Å². The Morgan fingerprint density at radius 3 is 3.00 bits per heavy atom. The number of carbonyl (C=O) groups is 1. The Labute approximate surface area is 135 Å². The van der Waals surface area contributed by atoms with E-state index in [0.29, 0.717) is 18.9 Å². The fraction of sp³-hybridized carbons (Fsp3) is 0.333. The van der Waals surface area contributed by atoms with E-state index in [9.17, 15) is 4.79 Å². The van der Waals surface area contributed by atoms with Crippen LogP contribution in [-0.2, 0) is 9.47 Å². The average Bonchev–Trinajstić information content (AvgIpc) is 3.06. The number of H-pyrrole nitrogens is 1. The second kappa shape index (κ2) is 6.79. The molecular formula is C18H20N2O3. The highest BCUT2D eigenvalue weighted by atomic mass is 16.5. The molecule has 0 saturated carbocycles. The van der Waals surface area contributed by atoms with Crippen LogP contribution in [0.4, 0.5) is 0 Å². The Hall–Kier alpha value is -2.40. The smallest absolute Gasteiger partial charge is 0.356 e. The molecule has 1 aliphatic heterocycles. The van der Waals surface area contributed by atoms with Gasteiger partial charge in [0.15, 0.2) is 0 Å². The first-order valence-corrected chi connectivity index (χ1v) is 7.79. The van der Waals surface area contributed by atoms with Gasteiger partial charge in [0.1, 0.15) is 5.69 Å². The van der Waals surface area contributed by atoms with Crippen LogP contribution in [0.3, 0.4) is 0 Å². The van der Waals surface area contributed by atoms with Crippen LogP contribution in [0, 0.1) is 6.92 Å². The highest BCUT2D eigenvalue weighted by Gasteiger charge is 2.14. The minimum atomic E-state index is -0.382. The summed E-state index contributed by atoms with van der Waals surface area (Å²) in [5.41, 5.74) is 5.72. The predicted octanol–water partition coefficient (Wildman–Crippen LogP) is 3.37. The Morgan fingerprint density at radius 2 is 2.26 bits per heavy atom. The van der Waals surface area contributed by atoms with E-state index in [1.807, 2.05) is 6.92 Å². The van der Waals surface area contributed by atoms with Crippen molar-refractivity contribution in [2.24, 2.45) is 0 Å². The maximum absolute atomic E-state index is 11.8. The maximum Gasteiger partial charge on any atom is 0.356 e. The molecule has 2 heterocycles. The highest BCUT2D eigenvalue weighted by Crippen LogP contribution is 2.28. The Balaban J connectivity index is 1.93. The van der Waals surface area contributed by atoms with Crippen molar-refractivity contribution in [1.82, 2.24) is 10.2 Å². The third-order valence-electron chi connectivity index (χ3n) is 3.92. The molecule has 0 saturated heterocycles. The van der Waals surface area contributed by atoms with Crippen molar-refractivity contribution >= 4 is 11.5 Å². The van der Waals surface area contributed by atoms with Crippen LogP contribution in [-0.4, -0.2) is 36.0 Å². The van der Waals surface area contributed by atoms with Crippen molar-refractivity contribution < 1.29 is 14.3 Å². The Morgan fingerprint density at radius 1 is 1.39 bits per heavy atom. The molecule has 3 rings (SSSR count). The second-order valence-corrected chi connectivity index (χ2v) is 5.47. The molecule has 0 radical (unpaired) electrons. The van der Waals surface area contributed by atoms with Gasteiger partial charge in [0.25, 0.3) is 0 Å². The van der Waals surface area contributed by atoms with Gasteiger partial charge in [-0.1, -0.05) is 18.2 Å². The quantitative estimate of drug-likeness (QED) is 0.879. The van der Waals surface area contributed by atoms with Gasteiger partial charge in [-0.25, -0.2) is 4.79 Å². The van der Waals surface area contributed by atoms with Crippen LogP contribution in [0.15, 0.2) is 30.3 Å². The zero-order valence-corrected chi connectivity index (χ0v) is 13.4. The van der Waals surface area contributed by atoms with Gasteiger partial charge in [-0.15, -0.1) is 0 Å². The number of nitrogens with zero attached hydrogens (tertiary/aromatic N) is 1. The summed E-state index contributed by atoms with van der Waals surface area (Å²) in [6.45, 7) is 5.58. The Bertz CT molecular complexity index is 746. The number of carbonyl (C=O) groups excluding carboxylic acids is 1. The maximum atomic E-state index is 11.8. The standard InChI is InChI=1S/C18H20N2O3/c1-3-23-18(21)17-11-16(19-20-17)15-10-14(5-4-12(15)2)13-6-8-22-9-7-13/h4-6,10-11H,3,7-9H2,1-2H3,(H,19,20). The molecule has 23 heavy (non-hydrogen) atoms. The van der Waals surface area contributed by atoms with E-state index >= 15 is 0 Å². The van der Waals surface area contributed by atoms with E-state index in [1.54, 1.807) is 13.0 Å². The number of aromatic nitrogens is 2. The van der Waals surface area contributed by atoms with Crippen LogP contribution in [0.5, 0.6) is 0 Å². The van der Waals surface area contributed by atoms with Gasteiger partial charge in [0, 0.05) is 5.56 Å². The summed E-state index contributed by atoms with van der Waals surface area (Å²) < 4.78 is 10.4. The number of hydrogen-bond acceptors (Lipinski definition) is 4. The Kier molecular flexibility index (Phi) is 4.57. The van der Waals surface area contributed by atoms with E-state index < -0.39 is 0 Å². The summed E-state index contributed by atoms with van der Waals surface area (Å²) in [4.78, 5) is 11.8. The molecule has 120 valence electrons. The lowest BCUT2D eigenvalue weighted by molar-refractivity contribution is 0.0519. The number of hydrogen-bond donors (Lipinski definition) is 1. The molecule has 0 amide bonds. The molecule has 0 unspecified atom stereocenters. The minimum absolute atomic E-state index is 0.345. The lowest BCUT2D eigenvalue weighted by Gasteiger charge is -2.15. The van der Waals surface area contributed by atoms with E-state index in [0.717, 1.165) is 29.8 Å². The summed E-state index contributed by atoms with van der Waals surface area (Å²) in [6.07, 6.45) is 3.03. The van der Waals surface area contributed by atoms with Crippen molar-refractivity contribution in [3.63, 3.8) is 0 Å². The van der Waals surface area contributed by atoms with Crippen LogP contribution < -0.4 is 0 Å². The SMILES string of the molecule is CCOC(=O)c1cc(-c2cc(C3=CCOCC3)ccc2C)n[nH]1. The molecule has 5 heteroatoms. The molecule has 1 N–H and O–H groups in total. The second-order valence-electron chi connectivity index (χ2n) is 5.47. The summed E-state index contributed by atoms with van der Waals surface area (Å²) in [6, 6.07) is 8.06. The molecule has 0 atom stereocenters. The molecule has 0 fully saturated rings. The highest BCUT2D eigenvalue weighted by molar-refractivity contribution is 5.89. The summed E-state index contributed by atoms with van der Waals surface area (Å²) in [5, 5.41) is 7.02. The minimum Gasteiger partial charge on any atom is -0.461 e. The lowest BCUT2D eigenvalue weighted by atomic mass is 9.95. The molecule has 1 aromatic heterocycles. The number of ether oxygens (including phenoxy) is 2. The van der Waals surface area contributed by atoms with Gasteiger partial charge >= 0.3 is 5.97 Å². The summed E-state index contributed by atoms with van der Waals surface area (Å²) in [5.74, 6) is -0.382. The van der Waals surface area contributed by atoms with Crippen LogP contribution in [0.25, 0.3) is 16.8 Å². The van der Waals surface area contributed by atoms with E-state index in [4.69, 9.17) is 9.47 Å². The van der Waals surface area contributed by atoms with Crippen LogP contribution in [0.1, 0.15) is 35.0 Å². The first-order valence-electron chi connectivity index (χ1n) is 7.79. The average molecular weight is 312 g/mol. The van der Waals surface area contributed by atoms with Crippen LogP contribution >= 0.6 is 0 Å². The zero-order valence-electron chi connectivity index (χ0n) is 13.4. The molecule has 5 nitrogen and oxygen atoms in total. The normalized spacial score (nSPS) is 14.4. The number of benzene rings is 1. The monoisotopic (exact) mass is 312 g/mol. The topological polar surface area (TPSA) is 64.2 Å². The van der Waals surface area contributed by atoms with Gasteiger partial charge in [-0.2, -0.15) is 5.10 Å². The molecule has 1 aromatic carbocycles. The number of esters is 1. The first kappa shape index (κ1) is 15.5. The van der Waals surface area contributed by atoms with Gasteiger partial charge in [0.05, 0.1) is 25.5 Å². The molecule has 2 aromatic rings. The number of nitrogens with one attached hydrogen (secondary N) is 1. The third kappa shape index (κ3) is 3.35. The molecule has 0 spiro atoms.